The summed E-state index contributed by atoms with van der Waals surface area (Å²) in [7, 11) is -6.91. The Morgan fingerprint density at radius 3 is 2.52 bits per heavy atom. The number of nitrogens with zero attached hydrogens (tertiary/aromatic N) is 2. The van der Waals surface area contributed by atoms with Crippen LogP contribution in [0, 0.1) is 0 Å². The largest absolute Gasteiger partial charge is 0.306 e. The summed E-state index contributed by atoms with van der Waals surface area (Å²) >= 11 is 0. The van der Waals surface area contributed by atoms with Crippen LogP contribution < -0.4 is 9.73 Å². The van der Waals surface area contributed by atoms with Crippen molar-refractivity contribution in [2.45, 2.75) is 50.3 Å². The smallest absolute Gasteiger partial charge is 0.276 e. The molecular formula is C21H29N3O5S2. The molecular weight excluding hydrogens is 438 g/mol. The van der Waals surface area contributed by atoms with Crippen molar-refractivity contribution in [1.82, 2.24) is 4.68 Å². The number of hydrogen-bond donors (Lipinski definition) is 1. The summed E-state index contributed by atoms with van der Waals surface area (Å²) < 4.78 is 49.6. The molecule has 1 aliphatic rings. The van der Waals surface area contributed by atoms with E-state index in [1.165, 1.54) is 16.9 Å². The molecule has 0 saturated heterocycles. The number of carbonyl (C=O) groups is 1. The van der Waals surface area contributed by atoms with E-state index >= 15 is 0 Å². The van der Waals surface area contributed by atoms with E-state index in [4.69, 9.17) is 0 Å². The van der Waals surface area contributed by atoms with Crippen LogP contribution in [-0.4, -0.2) is 46.0 Å². The van der Waals surface area contributed by atoms with Gasteiger partial charge in [-0.15, -0.1) is 0 Å². The minimum absolute atomic E-state index is 0.128. The minimum atomic E-state index is -3.55. The van der Waals surface area contributed by atoms with E-state index in [0.717, 1.165) is 37.5 Å². The predicted molar refractivity (Wildman–Crippen MR) is 121 cm³/mol. The molecule has 8 nitrogen and oxygen atoms in total. The first-order valence-electron chi connectivity index (χ1n) is 10.4. The Labute approximate surface area is 184 Å². The number of aromatic nitrogens is 1. The summed E-state index contributed by atoms with van der Waals surface area (Å²) in [6, 6.07) is 8.01. The molecule has 0 fully saturated rings. The van der Waals surface area contributed by atoms with Gasteiger partial charge in [0.2, 0.25) is 10.0 Å². The second-order valence-electron chi connectivity index (χ2n) is 7.86. The summed E-state index contributed by atoms with van der Waals surface area (Å²) in [4.78, 5) is 17.2. The summed E-state index contributed by atoms with van der Waals surface area (Å²) in [6.45, 7) is 2.52. The molecule has 0 saturated carbocycles. The topological polar surface area (TPSA) is 106 Å². The van der Waals surface area contributed by atoms with Gasteiger partial charge < -0.3 is 4.90 Å². The number of sulfone groups is 1. The zero-order valence-electron chi connectivity index (χ0n) is 17.9. The Morgan fingerprint density at radius 1 is 1.06 bits per heavy atom. The first kappa shape index (κ1) is 23.3. The number of unbranched alkanes of at least 4 members (excludes halogenated alkanes) is 4. The molecule has 1 amide bonds. The molecule has 170 valence electrons. The molecule has 0 unspecified atom stereocenters. The molecule has 31 heavy (non-hydrogen) atoms. The van der Waals surface area contributed by atoms with Crippen molar-refractivity contribution >= 4 is 31.5 Å². The highest BCUT2D eigenvalue weighted by atomic mass is 32.2. The molecule has 1 aliphatic heterocycles. The number of amides is 1. The molecule has 1 N–H and O–H groups in total. The number of anilines is 1. The van der Waals surface area contributed by atoms with Gasteiger partial charge in [0.05, 0.1) is 16.9 Å². The van der Waals surface area contributed by atoms with Gasteiger partial charge in [-0.2, -0.15) is 0 Å². The zero-order chi connectivity index (χ0) is 22.6. The maximum atomic E-state index is 13.0. The lowest BCUT2D eigenvalue weighted by Gasteiger charge is -2.19. The quantitative estimate of drug-likeness (QED) is 0.541. The molecule has 0 spiro atoms. The van der Waals surface area contributed by atoms with E-state index in [-0.39, 0.29) is 22.2 Å². The van der Waals surface area contributed by atoms with Gasteiger partial charge in [-0.25, -0.2) is 26.3 Å². The van der Waals surface area contributed by atoms with Crippen LogP contribution in [0.3, 0.4) is 0 Å². The highest BCUT2D eigenvalue weighted by molar-refractivity contribution is 7.91. The average Bonchev–Trinajstić information content (AvgIpc) is 3.32. The first-order valence-corrected chi connectivity index (χ1v) is 14.0. The van der Waals surface area contributed by atoms with Gasteiger partial charge in [0, 0.05) is 18.4 Å². The fraction of sp³-hybridized carbons (Fsp3) is 0.476. The van der Waals surface area contributed by atoms with E-state index < -0.39 is 19.9 Å². The second kappa shape index (κ2) is 9.44. The van der Waals surface area contributed by atoms with E-state index in [0.29, 0.717) is 25.1 Å². The Morgan fingerprint density at radius 2 is 1.81 bits per heavy atom. The molecule has 1 aromatic heterocycles. The van der Waals surface area contributed by atoms with Crippen LogP contribution >= 0.6 is 0 Å². The van der Waals surface area contributed by atoms with E-state index in [1.54, 1.807) is 29.2 Å². The normalized spacial score (nSPS) is 13.9. The lowest BCUT2D eigenvalue weighted by molar-refractivity contribution is 0.0982. The molecule has 3 rings (SSSR count). The minimum Gasteiger partial charge on any atom is -0.306 e. The molecule has 0 bridgehead atoms. The Bertz CT molecular complexity index is 1150. The first-order chi connectivity index (χ1) is 14.6. The molecule has 1 aromatic carbocycles. The molecule has 0 aliphatic carbocycles. The molecule has 0 radical (unpaired) electrons. The van der Waals surface area contributed by atoms with Crippen LogP contribution in [0.2, 0.25) is 0 Å². The van der Waals surface area contributed by atoms with Gasteiger partial charge in [-0.3, -0.25) is 4.79 Å². The lowest BCUT2D eigenvalue weighted by atomic mass is 10.2. The van der Waals surface area contributed by atoms with Crippen molar-refractivity contribution in [2.75, 3.05) is 28.3 Å². The fourth-order valence-corrected chi connectivity index (χ4v) is 5.68. The summed E-state index contributed by atoms with van der Waals surface area (Å²) in [5.74, 6) is -0.227. The van der Waals surface area contributed by atoms with Crippen LogP contribution in [0.15, 0.2) is 41.4 Å². The number of nitrogens with one attached hydrogen (secondary N) is 1. The SMILES string of the molecule is CCCCCCCS(=O)(=O)c1ccc2c(c1)CCN2C(=O)c1cccn1NS(C)(=O)=O. The summed E-state index contributed by atoms with van der Waals surface area (Å²) in [5, 5.41) is 0. The predicted octanol–water partition coefficient (Wildman–Crippen LogP) is 2.94. The highest BCUT2D eigenvalue weighted by Gasteiger charge is 2.29. The third-order valence-electron chi connectivity index (χ3n) is 5.30. The highest BCUT2D eigenvalue weighted by Crippen LogP contribution is 2.32. The second-order valence-corrected chi connectivity index (χ2v) is 11.7. The van der Waals surface area contributed by atoms with Gasteiger partial charge >= 0.3 is 0 Å². The monoisotopic (exact) mass is 467 g/mol. The third-order valence-corrected chi connectivity index (χ3v) is 7.63. The molecule has 2 heterocycles. The number of fused-ring (bicyclic) bond motifs is 1. The lowest BCUT2D eigenvalue weighted by Crippen LogP contribution is -2.33. The number of hydrogen-bond acceptors (Lipinski definition) is 5. The molecule has 0 atom stereocenters. The fourth-order valence-electron chi connectivity index (χ4n) is 3.75. The van der Waals surface area contributed by atoms with E-state index in [1.807, 2.05) is 0 Å². The number of sulfonamides is 1. The van der Waals surface area contributed by atoms with E-state index in [2.05, 4.69) is 11.8 Å². The van der Waals surface area contributed by atoms with Crippen molar-refractivity contribution in [3.05, 3.63) is 47.8 Å². The van der Waals surface area contributed by atoms with E-state index in [9.17, 15) is 21.6 Å². The zero-order valence-corrected chi connectivity index (χ0v) is 19.5. The van der Waals surface area contributed by atoms with Gasteiger partial charge in [0.15, 0.2) is 9.84 Å². The number of carbonyl (C=O) groups excluding carboxylic acids is 1. The van der Waals surface area contributed by atoms with Crippen molar-refractivity contribution in [2.24, 2.45) is 0 Å². The molecule has 2 aromatic rings. The standard InChI is InChI=1S/C21H29N3O5S2/c1-3-4-5-6-7-15-31(28,29)18-10-11-19-17(16-18)12-14-23(19)21(25)20-9-8-13-24(20)22-30(2,26)27/h8-11,13,16,22H,3-7,12,14-15H2,1-2H3. The van der Waals surface area contributed by atoms with Crippen LogP contribution in [0.4, 0.5) is 5.69 Å². The van der Waals surface area contributed by atoms with Crippen LogP contribution in [0.25, 0.3) is 0 Å². The number of rotatable bonds is 10. The van der Waals surface area contributed by atoms with Gasteiger partial charge in [0.1, 0.15) is 5.69 Å². The summed E-state index contributed by atoms with van der Waals surface area (Å²) in [6.07, 6.45) is 7.84. The van der Waals surface area contributed by atoms with Crippen molar-refractivity contribution < 1.29 is 21.6 Å². The van der Waals surface area contributed by atoms with Gasteiger partial charge in [-0.05, 0) is 48.7 Å². The number of benzene rings is 1. The van der Waals surface area contributed by atoms with Crippen LogP contribution in [0.1, 0.15) is 55.1 Å². The average molecular weight is 468 g/mol. The maximum Gasteiger partial charge on any atom is 0.276 e. The third kappa shape index (κ3) is 5.68. The van der Waals surface area contributed by atoms with Gasteiger partial charge in [-0.1, -0.05) is 32.6 Å². The Hall–Kier alpha value is -2.33. The Kier molecular flexibility index (Phi) is 7.10. The van der Waals surface area contributed by atoms with Crippen molar-refractivity contribution in [1.29, 1.82) is 0 Å². The van der Waals surface area contributed by atoms with Crippen LogP contribution in [0.5, 0.6) is 0 Å². The maximum absolute atomic E-state index is 13.0. The van der Waals surface area contributed by atoms with Crippen molar-refractivity contribution in [3.8, 4) is 0 Å². The Balaban J connectivity index is 1.75. The van der Waals surface area contributed by atoms with Crippen molar-refractivity contribution in [3.63, 3.8) is 0 Å². The summed E-state index contributed by atoms with van der Waals surface area (Å²) in [5.41, 5.74) is 1.63. The van der Waals surface area contributed by atoms with Crippen LogP contribution in [-0.2, 0) is 26.3 Å². The van der Waals surface area contributed by atoms with Gasteiger partial charge in [0.25, 0.3) is 5.91 Å². The molecule has 10 heteroatoms.